The second-order valence-electron chi connectivity index (χ2n) is 8.40. The standard InChI is InChI=1S/C28H34N2O5/c1-7-8-9-10-15-30-19(2)27(31)29(3)23(28(30)32)16-20-11-13-21(14-12-20)22-17-24(33-4)26(35-6)25(18-22)34-5/h7-14,17-19,23H,15-16H2,1-6H3/b8-7+,10-9+/t19-,23-/m0/s1. The number of benzene rings is 2. The largest absolute Gasteiger partial charge is 0.493 e. The SMILES string of the molecule is C/C=C/C=C/CN1C(=O)[C@H](Cc2ccc(-c3cc(OC)c(OC)c(OC)c3)cc2)N(C)C(=O)[C@@H]1C. The van der Waals surface area contributed by atoms with E-state index in [-0.39, 0.29) is 11.8 Å². The highest BCUT2D eigenvalue weighted by Crippen LogP contribution is 2.41. The van der Waals surface area contributed by atoms with Crippen molar-refractivity contribution < 1.29 is 23.8 Å². The molecule has 0 N–H and O–H groups in total. The van der Waals surface area contributed by atoms with Gasteiger partial charge in [-0.2, -0.15) is 0 Å². The molecule has 0 aliphatic carbocycles. The molecule has 186 valence electrons. The smallest absolute Gasteiger partial charge is 0.246 e. The molecule has 0 spiro atoms. The van der Waals surface area contributed by atoms with Crippen LogP contribution in [0.25, 0.3) is 11.1 Å². The maximum Gasteiger partial charge on any atom is 0.246 e. The number of carbonyl (C=O) groups excluding carboxylic acids is 2. The summed E-state index contributed by atoms with van der Waals surface area (Å²) < 4.78 is 16.3. The van der Waals surface area contributed by atoms with E-state index >= 15 is 0 Å². The number of piperazine rings is 1. The molecule has 0 unspecified atom stereocenters. The molecule has 1 heterocycles. The molecule has 0 bridgehead atoms. The number of carbonyl (C=O) groups is 2. The van der Waals surface area contributed by atoms with E-state index < -0.39 is 12.1 Å². The molecule has 2 aromatic rings. The van der Waals surface area contributed by atoms with Crippen LogP contribution >= 0.6 is 0 Å². The van der Waals surface area contributed by atoms with E-state index in [1.807, 2.05) is 67.6 Å². The summed E-state index contributed by atoms with van der Waals surface area (Å²) >= 11 is 0. The number of hydrogen-bond acceptors (Lipinski definition) is 5. The average Bonchev–Trinajstić information content (AvgIpc) is 2.89. The van der Waals surface area contributed by atoms with Crippen molar-refractivity contribution in [1.82, 2.24) is 9.80 Å². The van der Waals surface area contributed by atoms with E-state index in [2.05, 4.69) is 0 Å². The van der Waals surface area contributed by atoms with E-state index in [9.17, 15) is 9.59 Å². The topological polar surface area (TPSA) is 68.3 Å². The van der Waals surface area contributed by atoms with Crippen molar-refractivity contribution in [2.24, 2.45) is 0 Å². The highest BCUT2D eigenvalue weighted by Gasteiger charge is 2.41. The van der Waals surface area contributed by atoms with E-state index in [0.29, 0.717) is 30.2 Å². The predicted molar refractivity (Wildman–Crippen MR) is 137 cm³/mol. The van der Waals surface area contributed by atoms with Gasteiger partial charge in [-0.1, -0.05) is 48.6 Å². The Balaban J connectivity index is 1.82. The number of ether oxygens (including phenoxy) is 3. The van der Waals surface area contributed by atoms with Crippen LogP contribution in [0, 0.1) is 0 Å². The van der Waals surface area contributed by atoms with Crippen LogP contribution in [0.15, 0.2) is 60.7 Å². The third-order valence-electron chi connectivity index (χ3n) is 6.33. The Kier molecular flexibility index (Phi) is 8.58. The lowest BCUT2D eigenvalue weighted by Crippen LogP contribution is -2.63. The van der Waals surface area contributed by atoms with Crippen LogP contribution in [0.3, 0.4) is 0 Å². The summed E-state index contributed by atoms with van der Waals surface area (Å²) in [4.78, 5) is 29.4. The van der Waals surface area contributed by atoms with Gasteiger partial charge in [0.15, 0.2) is 11.5 Å². The van der Waals surface area contributed by atoms with Crippen molar-refractivity contribution in [2.45, 2.75) is 32.4 Å². The first-order valence-electron chi connectivity index (χ1n) is 11.6. The van der Waals surface area contributed by atoms with Crippen LogP contribution in [-0.2, 0) is 16.0 Å². The summed E-state index contributed by atoms with van der Waals surface area (Å²) in [5, 5.41) is 0. The van der Waals surface area contributed by atoms with Crippen LogP contribution in [0.1, 0.15) is 19.4 Å². The molecule has 7 heteroatoms. The molecule has 1 aliphatic heterocycles. The minimum Gasteiger partial charge on any atom is -0.493 e. The molecule has 3 rings (SSSR count). The van der Waals surface area contributed by atoms with Gasteiger partial charge in [0.2, 0.25) is 17.6 Å². The number of rotatable bonds is 9. The van der Waals surface area contributed by atoms with Gasteiger partial charge in [0.25, 0.3) is 0 Å². The highest BCUT2D eigenvalue weighted by atomic mass is 16.5. The predicted octanol–water partition coefficient (Wildman–Crippen LogP) is 4.11. The molecule has 0 aromatic heterocycles. The molecule has 0 radical (unpaired) electrons. The highest BCUT2D eigenvalue weighted by molar-refractivity contribution is 5.96. The van der Waals surface area contributed by atoms with Gasteiger partial charge in [0.1, 0.15) is 12.1 Å². The van der Waals surface area contributed by atoms with Crippen molar-refractivity contribution >= 4 is 11.8 Å². The van der Waals surface area contributed by atoms with E-state index in [0.717, 1.165) is 16.7 Å². The lowest BCUT2D eigenvalue weighted by molar-refractivity contribution is -0.158. The van der Waals surface area contributed by atoms with Crippen LogP contribution in [0.5, 0.6) is 17.2 Å². The summed E-state index contributed by atoms with van der Waals surface area (Å²) in [5.74, 6) is 1.60. The quantitative estimate of drug-likeness (QED) is 0.508. The van der Waals surface area contributed by atoms with Crippen molar-refractivity contribution in [3.05, 3.63) is 66.3 Å². The molecular formula is C28H34N2O5. The number of allylic oxidation sites excluding steroid dienone is 3. The van der Waals surface area contributed by atoms with Crippen molar-refractivity contribution in [2.75, 3.05) is 34.9 Å². The Labute approximate surface area is 207 Å². The van der Waals surface area contributed by atoms with Gasteiger partial charge in [0, 0.05) is 20.0 Å². The molecule has 0 saturated carbocycles. The van der Waals surface area contributed by atoms with Crippen LogP contribution in [-0.4, -0.2) is 68.6 Å². The maximum absolute atomic E-state index is 13.3. The van der Waals surface area contributed by atoms with Crippen molar-refractivity contribution in [3.63, 3.8) is 0 Å². The van der Waals surface area contributed by atoms with Gasteiger partial charge in [-0.15, -0.1) is 0 Å². The normalized spacial score (nSPS) is 18.6. The zero-order chi connectivity index (χ0) is 25.5. The number of methoxy groups -OCH3 is 3. The van der Waals surface area contributed by atoms with Crippen LogP contribution in [0.4, 0.5) is 0 Å². The van der Waals surface area contributed by atoms with Gasteiger partial charge >= 0.3 is 0 Å². The van der Waals surface area contributed by atoms with Gasteiger partial charge in [-0.05, 0) is 42.7 Å². The Morgan fingerprint density at radius 1 is 0.886 bits per heavy atom. The number of likely N-dealkylation sites (N-methyl/N-ethyl adjacent to an activating group) is 1. The molecular weight excluding hydrogens is 444 g/mol. The fraction of sp³-hybridized carbons (Fsp3) is 0.357. The van der Waals surface area contributed by atoms with Gasteiger partial charge < -0.3 is 24.0 Å². The third kappa shape index (κ3) is 5.50. The molecule has 1 fully saturated rings. The fourth-order valence-electron chi connectivity index (χ4n) is 4.27. The zero-order valence-electron chi connectivity index (χ0n) is 21.3. The lowest BCUT2D eigenvalue weighted by atomic mass is 9.96. The van der Waals surface area contributed by atoms with E-state index in [1.165, 1.54) is 0 Å². The monoisotopic (exact) mass is 478 g/mol. The van der Waals surface area contributed by atoms with Crippen LogP contribution in [0.2, 0.25) is 0 Å². The molecule has 2 atom stereocenters. The van der Waals surface area contributed by atoms with Gasteiger partial charge in [-0.25, -0.2) is 0 Å². The summed E-state index contributed by atoms with van der Waals surface area (Å²) in [6.07, 6.45) is 8.05. The minimum atomic E-state index is -0.541. The first kappa shape index (κ1) is 25.9. The fourth-order valence-corrected chi connectivity index (χ4v) is 4.27. The molecule has 2 aromatic carbocycles. The van der Waals surface area contributed by atoms with Crippen molar-refractivity contribution in [1.29, 1.82) is 0 Å². The molecule has 7 nitrogen and oxygen atoms in total. The molecule has 2 amide bonds. The number of nitrogens with zero attached hydrogens (tertiary/aromatic N) is 2. The Bertz CT molecular complexity index is 1080. The van der Waals surface area contributed by atoms with E-state index in [1.54, 1.807) is 45.1 Å². The summed E-state index contributed by atoms with van der Waals surface area (Å²) in [6, 6.07) is 10.7. The summed E-state index contributed by atoms with van der Waals surface area (Å²) in [6.45, 7) is 4.11. The summed E-state index contributed by atoms with van der Waals surface area (Å²) in [5.41, 5.74) is 2.86. The minimum absolute atomic E-state index is 0.0431. The molecule has 1 saturated heterocycles. The lowest BCUT2D eigenvalue weighted by Gasteiger charge is -2.42. The maximum atomic E-state index is 13.3. The van der Waals surface area contributed by atoms with Crippen molar-refractivity contribution in [3.8, 4) is 28.4 Å². The molecule has 35 heavy (non-hydrogen) atoms. The second kappa shape index (κ2) is 11.6. The third-order valence-corrected chi connectivity index (χ3v) is 6.33. The Morgan fingerprint density at radius 3 is 2.06 bits per heavy atom. The zero-order valence-corrected chi connectivity index (χ0v) is 21.3. The summed E-state index contributed by atoms with van der Waals surface area (Å²) in [7, 11) is 6.45. The van der Waals surface area contributed by atoms with Crippen LogP contribution < -0.4 is 14.2 Å². The number of amides is 2. The first-order chi connectivity index (χ1) is 16.9. The molecule has 1 aliphatic rings. The van der Waals surface area contributed by atoms with Gasteiger partial charge in [-0.3, -0.25) is 9.59 Å². The first-order valence-corrected chi connectivity index (χ1v) is 11.6. The van der Waals surface area contributed by atoms with Gasteiger partial charge in [0.05, 0.1) is 21.3 Å². The van der Waals surface area contributed by atoms with E-state index in [4.69, 9.17) is 14.2 Å². The Morgan fingerprint density at radius 2 is 1.51 bits per heavy atom. The Hall–Kier alpha value is -3.74. The second-order valence-corrected chi connectivity index (χ2v) is 8.40. The average molecular weight is 479 g/mol. The number of hydrogen-bond donors (Lipinski definition) is 0.